The zero-order valence-corrected chi connectivity index (χ0v) is 13.5. The molecule has 21 heavy (non-hydrogen) atoms. The summed E-state index contributed by atoms with van der Waals surface area (Å²) >= 11 is 0. The van der Waals surface area contributed by atoms with E-state index in [1.165, 1.54) is 0 Å². The molecule has 0 amide bonds. The molecule has 0 aromatic carbocycles. The molecule has 2 aromatic heterocycles. The van der Waals surface area contributed by atoms with Crippen LogP contribution in [0.5, 0.6) is 5.75 Å². The first-order valence-corrected chi connectivity index (χ1v) is 7.36. The quantitative estimate of drug-likeness (QED) is 0.918. The first kappa shape index (κ1) is 15.4. The Kier molecular flexibility index (Phi) is 4.50. The second kappa shape index (κ2) is 6.16. The van der Waals surface area contributed by atoms with Crippen LogP contribution in [-0.2, 0) is 19.4 Å². The minimum absolute atomic E-state index is 0.621. The summed E-state index contributed by atoms with van der Waals surface area (Å²) in [5.74, 6) is 0.897. The van der Waals surface area contributed by atoms with Crippen molar-refractivity contribution in [2.45, 2.75) is 47.1 Å². The number of nitrogen functional groups attached to an aromatic ring is 1. The van der Waals surface area contributed by atoms with Crippen molar-refractivity contribution in [2.24, 2.45) is 0 Å². The molecule has 0 radical (unpaired) electrons. The van der Waals surface area contributed by atoms with Crippen LogP contribution >= 0.6 is 0 Å². The highest BCUT2D eigenvalue weighted by atomic mass is 16.5. The van der Waals surface area contributed by atoms with Crippen LogP contribution in [0.2, 0.25) is 0 Å². The lowest BCUT2D eigenvalue weighted by Crippen LogP contribution is -2.10. The summed E-state index contributed by atoms with van der Waals surface area (Å²) in [6.07, 6.45) is 3.55. The predicted octanol–water partition coefficient (Wildman–Crippen LogP) is 2.66. The van der Waals surface area contributed by atoms with Crippen molar-refractivity contribution in [3.63, 3.8) is 0 Å². The van der Waals surface area contributed by atoms with Gasteiger partial charge in [-0.2, -0.15) is 5.10 Å². The Hall–Kier alpha value is -2.04. The van der Waals surface area contributed by atoms with Gasteiger partial charge in [-0.1, -0.05) is 13.8 Å². The Balaban J connectivity index is 2.43. The highest BCUT2D eigenvalue weighted by molar-refractivity contribution is 5.49. The number of aryl methyl sites for hydroxylation is 2. The molecule has 2 aromatic rings. The van der Waals surface area contributed by atoms with Crippen molar-refractivity contribution >= 4 is 5.69 Å². The topological polar surface area (TPSA) is 66.0 Å². The lowest BCUT2D eigenvalue weighted by Gasteiger charge is -2.13. The van der Waals surface area contributed by atoms with Gasteiger partial charge in [0.05, 0.1) is 36.4 Å². The first-order valence-electron chi connectivity index (χ1n) is 7.36. The first-order chi connectivity index (χ1) is 10.0. The van der Waals surface area contributed by atoms with Gasteiger partial charge in [-0.05, 0) is 26.7 Å². The smallest absolute Gasteiger partial charge is 0.128 e. The summed E-state index contributed by atoms with van der Waals surface area (Å²) in [6, 6.07) is 0. The normalized spacial score (nSPS) is 10.9. The van der Waals surface area contributed by atoms with Gasteiger partial charge in [-0.15, -0.1) is 0 Å². The van der Waals surface area contributed by atoms with Crippen molar-refractivity contribution in [3.05, 3.63) is 34.4 Å². The lowest BCUT2D eigenvalue weighted by atomic mass is 10.1. The number of nitrogens with two attached hydrogens (primary N) is 1. The zero-order valence-electron chi connectivity index (χ0n) is 13.5. The molecule has 0 aliphatic carbocycles. The van der Waals surface area contributed by atoms with Gasteiger partial charge >= 0.3 is 0 Å². The molecule has 0 saturated carbocycles. The number of hydrogen-bond donors (Lipinski definition) is 1. The van der Waals surface area contributed by atoms with Gasteiger partial charge < -0.3 is 10.5 Å². The molecule has 2 heterocycles. The highest BCUT2D eigenvalue weighted by Gasteiger charge is 2.15. The summed E-state index contributed by atoms with van der Waals surface area (Å²) in [4.78, 5) is 4.54. The number of anilines is 1. The van der Waals surface area contributed by atoms with E-state index in [9.17, 15) is 0 Å². The molecule has 0 bridgehead atoms. The lowest BCUT2D eigenvalue weighted by molar-refractivity contribution is 0.406. The molecular weight excluding hydrogens is 264 g/mol. The molecular formula is C16H24N4O. The molecule has 0 spiro atoms. The van der Waals surface area contributed by atoms with Gasteiger partial charge in [0.25, 0.3) is 0 Å². The minimum Gasteiger partial charge on any atom is -0.496 e. The molecule has 2 rings (SSSR count). The fourth-order valence-corrected chi connectivity index (χ4v) is 2.70. The van der Waals surface area contributed by atoms with Crippen LogP contribution < -0.4 is 10.5 Å². The van der Waals surface area contributed by atoms with Gasteiger partial charge in [0.15, 0.2) is 0 Å². The third-order valence-corrected chi connectivity index (χ3v) is 3.89. The summed E-state index contributed by atoms with van der Waals surface area (Å²) < 4.78 is 7.44. The van der Waals surface area contributed by atoms with Crippen LogP contribution in [0.1, 0.15) is 42.1 Å². The van der Waals surface area contributed by atoms with E-state index >= 15 is 0 Å². The number of aromatic nitrogens is 3. The number of rotatable bonds is 5. The van der Waals surface area contributed by atoms with Gasteiger partial charge in [0, 0.05) is 17.3 Å². The number of ether oxygens (including phenoxy) is 1. The van der Waals surface area contributed by atoms with Gasteiger partial charge in [0.1, 0.15) is 5.75 Å². The standard InChI is InChI=1S/C16H24N4O/c1-6-12-15(17)14(7-2)20(19-12)9-13-11(4)16(21-5)10(3)8-18-13/h8H,6-7,9,17H2,1-5H3. The molecule has 5 nitrogen and oxygen atoms in total. The average molecular weight is 288 g/mol. The summed E-state index contributed by atoms with van der Waals surface area (Å²) in [7, 11) is 1.69. The second-order valence-electron chi connectivity index (χ2n) is 5.22. The van der Waals surface area contributed by atoms with Gasteiger partial charge in [-0.3, -0.25) is 9.67 Å². The van der Waals surface area contributed by atoms with Gasteiger partial charge in [0.2, 0.25) is 0 Å². The van der Waals surface area contributed by atoms with Gasteiger partial charge in [-0.25, -0.2) is 0 Å². The van der Waals surface area contributed by atoms with E-state index in [0.29, 0.717) is 6.54 Å². The van der Waals surface area contributed by atoms with Crippen LogP contribution in [-0.4, -0.2) is 21.9 Å². The monoisotopic (exact) mass is 288 g/mol. The fraction of sp³-hybridized carbons (Fsp3) is 0.500. The van der Waals surface area contributed by atoms with E-state index in [4.69, 9.17) is 10.5 Å². The molecule has 0 unspecified atom stereocenters. The maximum atomic E-state index is 6.17. The van der Waals surface area contributed by atoms with E-state index in [1.54, 1.807) is 7.11 Å². The third kappa shape index (κ3) is 2.73. The van der Waals surface area contributed by atoms with Crippen molar-refractivity contribution in [1.29, 1.82) is 0 Å². The summed E-state index contributed by atoms with van der Waals surface area (Å²) in [5, 5.41) is 4.62. The van der Waals surface area contributed by atoms with Crippen LogP contribution in [0, 0.1) is 13.8 Å². The van der Waals surface area contributed by atoms with Crippen LogP contribution in [0.15, 0.2) is 6.20 Å². The van der Waals surface area contributed by atoms with E-state index in [1.807, 2.05) is 24.7 Å². The van der Waals surface area contributed by atoms with Crippen molar-refractivity contribution in [2.75, 3.05) is 12.8 Å². The van der Waals surface area contributed by atoms with Crippen molar-refractivity contribution < 1.29 is 4.74 Å². The zero-order chi connectivity index (χ0) is 15.6. The SMILES string of the molecule is CCc1nn(Cc2ncc(C)c(OC)c2C)c(CC)c1N. The van der Waals surface area contributed by atoms with Crippen LogP contribution in [0.25, 0.3) is 0 Å². The van der Waals surface area contributed by atoms with Crippen LogP contribution in [0.4, 0.5) is 5.69 Å². The molecule has 0 aliphatic rings. The molecule has 0 aliphatic heterocycles. The second-order valence-corrected chi connectivity index (χ2v) is 5.22. The Morgan fingerprint density at radius 3 is 2.48 bits per heavy atom. The molecule has 2 N–H and O–H groups in total. The largest absolute Gasteiger partial charge is 0.496 e. The fourth-order valence-electron chi connectivity index (χ4n) is 2.70. The van der Waals surface area contributed by atoms with E-state index in [0.717, 1.165) is 52.5 Å². The average Bonchev–Trinajstić information content (AvgIpc) is 2.78. The Morgan fingerprint density at radius 1 is 1.19 bits per heavy atom. The Labute approximate surface area is 126 Å². The Bertz CT molecular complexity index is 646. The molecule has 0 saturated heterocycles. The van der Waals surface area contributed by atoms with Crippen LogP contribution in [0.3, 0.4) is 0 Å². The number of methoxy groups -OCH3 is 1. The van der Waals surface area contributed by atoms with E-state index < -0.39 is 0 Å². The van der Waals surface area contributed by atoms with Crippen molar-refractivity contribution in [3.8, 4) is 5.75 Å². The maximum Gasteiger partial charge on any atom is 0.128 e. The minimum atomic E-state index is 0.621. The highest BCUT2D eigenvalue weighted by Crippen LogP contribution is 2.26. The Morgan fingerprint density at radius 2 is 1.90 bits per heavy atom. The maximum absolute atomic E-state index is 6.17. The predicted molar refractivity (Wildman–Crippen MR) is 84.8 cm³/mol. The number of nitrogens with zero attached hydrogens (tertiary/aromatic N) is 3. The molecule has 5 heteroatoms. The third-order valence-electron chi connectivity index (χ3n) is 3.89. The number of hydrogen-bond acceptors (Lipinski definition) is 4. The summed E-state index contributed by atoms with van der Waals surface area (Å²) in [5.41, 5.74) is 12.1. The molecule has 0 fully saturated rings. The van der Waals surface area contributed by atoms with E-state index in [2.05, 4.69) is 23.9 Å². The van der Waals surface area contributed by atoms with E-state index in [-0.39, 0.29) is 0 Å². The number of pyridine rings is 1. The molecule has 0 atom stereocenters. The summed E-state index contributed by atoms with van der Waals surface area (Å²) in [6.45, 7) is 8.82. The van der Waals surface area contributed by atoms with Crippen molar-refractivity contribution in [1.82, 2.24) is 14.8 Å². The molecule has 114 valence electrons.